The van der Waals surface area contributed by atoms with Gasteiger partial charge in [-0.1, -0.05) is 23.7 Å². The summed E-state index contributed by atoms with van der Waals surface area (Å²) in [6, 6.07) is 9.64. The summed E-state index contributed by atoms with van der Waals surface area (Å²) in [7, 11) is -3.26. The van der Waals surface area contributed by atoms with E-state index in [0.29, 0.717) is 17.9 Å². The van der Waals surface area contributed by atoms with Gasteiger partial charge < -0.3 is 4.74 Å². The molecule has 1 aromatic heterocycles. The number of ether oxygens (including phenoxy) is 1. The van der Waals surface area contributed by atoms with Crippen molar-refractivity contribution < 1.29 is 17.9 Å². The number of ketones is 1. The van der Waals surface area contributed by atoms with Crippen molar-refractivity contribution in [3.63, 3.8) is 0 Å². The average Bonchev–Trinajstić information content (AvgIpc) is 2.90. The lowest BCUT2D eigenvalue weighted by molar-refractivity contribution is -0.116. The van der Waals surface area contributed by atoms with Gasteiger partial charge in [-0.25, -0.2) is 13.4 Å². The fraction of sp³-hybridized carbons (Fsp3) is 0.176. The van der Waals surface area contributed by atoms with Crippen molar-refractivity contribution in [2.45, 2.75) is 17.7 Å². The van der Waals surface area contributed by atoms with Crippen molar-refractivity contribution in [2.75, 3.05) is 6.26 Å². The van der Waals surface area contributed by atoms with Crippen molar-refractivity contribution in [2.24, 2.45) is 0 Å². The zero-order chi connectivity index (χ0) is 17.3. The molecule has 0 aliphatic heterocycles. The second kappa shape index (κ2) is 6.37. The molecule has 0 bridgehead atoms. The Hall–Kier alpha value is -2.18. The molecule has 1 aliphatic carbocycles. The summed E-state index contributed by atoms with van der Waals surface area (Å²) in [5.41, 5.74) is 1.51. The van der Waals surface area contributed by atoms with Crippen molar-refractivity contribution in [1.29, 1.82) is 0 Å². The SMILES string of the molecule is CS(=O)(=O)c1ccc(C2=C(Oc3ccc(Cl)cn3)C(=O)CC2)cc1. The highest BCUT2D eigenvalue weighted by Crippen LogP contribution is 2.33. The molecule has 1 aromatic carbocycles. The number of benzene rings is 1. The molecule has 0 radical (unpaired) electrons. The molecule has 7 heteroatoms. The molecule has 0 saturated heterocycles. The Morgan fingerprint density at radius 2 is 1.79 bits per heavy atom. The minimum atomic E-state index is -3.26. The van der Waals surface area contributed by atoms with E-state index < -0.39 is 9.84 Å². The lowest BCUT2D eigenvalue weighted by Gasteiger charge is -2.09. The first kappa shape index (κ1) is 16.7. The zero-order valence-corrected chi connectivity index (χ0v) is 14.4. The number of pyridine rings is 1. The highest BCUT2D eigenvalue weighted by Gasteiger charge is 2.27. The van der Waals surface area contributed by atoms with Gasteiger partial charge in [-0.2, -0.15) is 0 Å². The molecule has 0 spiro atoms. The van der Waals surface area contributed by atoms with E-state index in [1.54, 1.807) is 24.3 Å². The maximum absolute atomic E-state index is 12.1. The molecule has 1 heterocycles. The Kier molecular flexibility index (Phi) is 4.43. The van der Waals surface area contributed by atoms with Crippen LogP contribution in [-0.2, 0) is 14.6 Å². The fourth-order valence-electron chi connectivity index (χ4n) is 2.46. The quantitative estimate of drug-likeness (QED) is 0.833. The molecule has 3 rings (SSSR count). The summed E-state index contributed by atoms with van der Waals surface area (Å²) in [6.45, 7) is 0. The van der Waals surface area contributed by atoms with E-state index in [1.165, 1.54) is 18.3 Å². The molecule has 5 nitrogen and oxygen atoms in total. The number of sulfone groups is 1. The van der Waals surface area contributed by atoms with Crippen LogP contribution in [0.15, 0.2) is 53.2 Å². The Bertz CT molecular complexity index is 916. The van der Waals surface area contributed by atoms with Gasteiger partial charge in [0.25, 0.3) is 0 Å². The maximum atomic E-state index is 12.1. The third-order valence-corrected chi connectivity index (χ3v) is 5.02. The number of nitrogens with zero attached hydrogens (tertiary/aromatic N) is 1. The van der Waals surface area contributed by atoms with E-state index >= 15 is 0 Å². The van der Waals surface area contributed by atoms with Crippen LogP contribution in [0.5, 0.6) is 5.88 Å². The smallest absolute Gasteiger partial charge is 0.219 e. The monoisotopic (exact) mass is 363 g/mol. The van der Waals surface area contributed by atoms with Gasteiger partial charge in [0, 0.05) is 30.5 Å². The molecule has 0 N–H and O–H groups in total. The van der Waals surface area contributed by atoms with Crippen LogP contribution < -0.4 is 4.74 Å². The summed E-state index contributed by atoms with van der Waals surface area (Å²) in [4.78, 5) is 16.4. The molecule has 0 amide bonds. The zero-order valence-electron chi connectivity index (χ0n) is 12.8. The highest BCUT2D eigenvalue weighted by atomic mass is 35.5. The molecular weight excluding hydrogens is 350 g/mol. The lowest BCUT2D eigenvalue weighted by atomic mass is 10.1. The van der Waals surface area contributed by atoms with Crippen LogP contribution in [-0.4, -0.2) is 25.4 Å². The largest absolute Gasteiger partial charge is 0.435 e. The first-order valence-corrected chi connectivity index (χ1v) is 9.48. The van der Waals surface area contributed by atoms with Crippen LogP contribution in [0.1, 0.15) is 18.4 Å². The number of hydrogen-bond acceptors (Lipinski definition) is 5. The summed E-state index contributed by atoms with van der Waals surface area (Å²) in [5.74, 6) is 0.431. The number of halogens is 1. The number of allylic oxidation sites excluding steroid dienone is 2. The highest BCUT2D eigenvalue weighted by molar-refractivity contribution is 7.90. The summed E-state index contributed by atoms with van der Waals surface area (Å²) in [5, 5.41) is 0.477. The minimum absolute atomic E-state index is 0.103. The van der Waals surface area contributed by atoms with Gasteiger partial charge in [-0.3, -0.25) is 4.79 Å². The van der Waals surface area contributed by atoms with E-state index in [1.807, 2.05) is 0 Å². The Morgan fingerprint density at radius 3 is 2.38 bits per heavy atom. The van der Waals surface area contributed by atoms with Crippen LogP contribution in [0.3, 0.4) is 0 Å². The average molecular weight is 364 g/mol. The second-order valence-corrected chi connectivity index (χ2v) is 7.90. The van der Waals surface area contributed by atoms with Crippen LogP contribution in [0, 0.1) is 0 Å². The molecule has 0 atom stereocenters. The summed E-state index contributed by atoms with van der Waals surface area (Å²) < 4.78 is 28.7. The summed E-state index contributed by atoms with van der Waals surface area (Å²) >= 11 is 5.79. The number of Topliss-reactive ketones (excluding diaryl/α,β-unsaturated/α-hetero) is 1. The molecule has 0 fully saturated rings. The second-order valence-electron chi connectivity index (χ2n) is 5.44. The lowest BCUT2D eigenvalue weighted by Crippen LogP contribution is -2.05. The van der Waals surface area contributed by atoms with Crippen molar-refractivity contribution in [3.05, 3.63) is 58.9 Å². The maximum Gasteiger partial charge on any atom is 0.219 e. The normalized spacial score (nSPS) is 15.0. The Balaban J connectivity index is 1.95. The minimum Gasteiger partial charge on any atom is -0.435 e. The molecule has 0 unspecified atom stereocenters. The van der Waals surface area contributed by atoms with E-state index in [2.05, 4.69) is 4.98 Å². The van der Waals surface area contributed by atoms with Gasteiger partial charge in [0.1, 0.15) is 0 Å². The Morgan fingerprint density at radius 1 is 1.08 bits per heavy atom. The van der Waals surface area contributed by atoms with Crippen molar-refractivity contribution in [3.8, 4) is 5.88 Å². The van der Waals surface area contributed by atoms with Gasteiger partial charge in [0.2, 0.25) is 5.88 Å². The number of carbonyl (C=O) groups excluding carboxylic acids is 1. The predicted octanol–water partition coefficient (Wildman–Crippen LogP) is 3.29. The first-order chi connectivity index (χ1) is 11.3. The fourth-order valence-corrected chi connectivity index (χ4v) is 3.20. The van der Waals surface area contributed by atoms with E-state index in [-0.39, 0.29) is 22.3 Å². The molecule has 124 valence electrons. The Labute approximate surface area is 144 Å². The standard InChI is InChI=1S/C17H14ClNO4S/c1-24(21,22)13-5-2-11(3-6-13)14-7-8-15(20)17(14)23-16-9-4-12(18)10-19-16/h2-6,9-10H,7-8H2,1H3. The number of hydrogen-bond donors (Lipinski definition) is 0. The van der Waals surface area contributed by atoms with Crippen LogP contribution in [0.4, 0.5) is 0 Å². The number of aromatic nitrogens is 1. The topological polar surface area (TPSA) is 73.3 Å². The molecule has 1 aliphatic rings. The van der Waals surface area contributed by atoms with Crippen LogP contribution in [0.2, 0.25) is 5.02 Å². The van der Waals surface area contributed by atoms with Gasteiger partial charge in [0.15, 0.2) is 21.4 Å². The van der Waals surface area contributed by atoms with Crippen LogP contribution in [0.25, 0.3) is 5.57 Å². The van der Waals surface area contributed by atoms with Gasteiger partial charge in [-0.15, -0.1) is 0 Å². The van der Waals surface area contributed by atoms with E-state index in [0.717, 1.165) is 17.4 Å². The first-order valence-electron chi connectivity index (χ1n) is 7.21. The molecule has 24 heavy (non-hydrogen) atoms. The van der Waals surface area contributed by atoms with Gasteiger partial charge in [-0.05, 0) is 30.2 Å². The van der Waals surface area contributed by atoms with E-state index in [9.17, 15) is 13.2 Å². The van der Waals surface area contributed by atoms with Crippen LogP contribution >= 0.6 is 11.6 Å². The third kappa shape index (κ3) is 3.49. The molecule has 0 saturated carbocycles. The van der Waals surface area contributed by atoms with Crippen molar-refractivity contribution >= 4 is 32.8 Å². The molecular formula is C17H14ClNO4S. The third-order valence-electron chi connectivity index (χ3n) is 3.67. The number of rotatable bonds is 4. The predicted molar refractivity (Wildman–Crippen MR) is 90.6 cm³/mol. The van der Waals surface area contributed by atoms with Gasteiger partial charge >= 0.3 is 0 Å². The summed E-state index contributed by atoms with van der Waals surface area (Å²) in [6.07, 6.45) is 3.49. The van der Waals surface area contributed by atoms with Crippen molar-refractivity contribution in [1.82, 2.24) is 4.98 Å². The van der Waals surface area contributed by atoms with E-state index in [4.69, 9.17) is 16.3 Å². The molecule has 2 aromatic rings. The van der Waals surface area contributed by atoms with Gasteiger partial charge in [0.05, 0.1) is 9.92 Å². The number of carbonyl (C=O) groups is 1.